The van der Waals surface area contributed by atoms with Gasteiger partial charge in [-0.1, -0.05) is 86.2 Å². The molecule has 4 nitrogen and oxygen atoms in total. The minimum atomic E-state index is 0.0601. The summed E-state index contributed by atoms with van der Waals surface area (Å²) in [6.45, 7) is 13.5. The molecule has 0 radical (unpaired) electrons. The minimum absolute atomic E-state index is 0.0601. The number of aromatic amines is 2. The Kier molecular flexibility index (Phi) is 6.54. The summed E-state index contributed by atoms with van der Waals surface area (Å²) in [5.74, 6) is 0. The Hall–Kier alpha value is -4.90. The molecule has 0 unspecified atom stereocenters. The fourth-order valence-corrected chi connectivity index (χ4v) is 7.13. The molecule has 0 bridgehead atoms. The van der Waals surface area contributed by atoms with Crippen LogP contribution in [0.3, 0.4) is 0 Å². The van der Waals surface area contributed by atoms with Gasteiger partial charge in [0.15, 0.2) is 0 Å². The molecule has 210 valence electrons. The summed E-state index contributed by atoms with van der Waals surface area (Å²) in [7, 11) is 0. The third-order valence-corrected chi connectivity index (χ3v) is 8.75. The van der Waals surface area contributed by atoms with Gasteiger partial charge >= 0.3 is 0 Å². The molecule has 7 aromatic rings. The number of benzene rings is 3. The summed E-state index contributed by atoms with van der Waals surface area (Å²) in [5.41, 5.74) is 18.0. The molecule has 0 spiro atoms. The number of pyridine rings is 2. The molecule has 4 aromatic heterocycles. The van der Waals surface area contributed by atoms with E-state index in [2.05, 4.69) is 128 Å². The summed E-state index contributed by atoms with van der Waals surface area (Å²) in [5, 5.41) is 2.21. The van der Waals surface area contributed by atoms with Crippen molar-refractivity contribution in [3.8, 4) is 22.5 Å². The molecular formula is C38H35BN4. The van der Waals surface area contributed by atoms with Gasteiger partial charge in [0.25, 0.3) is 0 Å². The Morgan fingerprint density at radius 3 is 1.33 bits per heavy atom. The second kappa shape index (κ2) is 10.4. The number of H-pyrrole nitrogens is 2. The number of rotatable bonds is 5. The molecule has 4 heterocycles. The maximum absolute atomic E-state index is 4.58. The Labute approximate surface area is 253 Å². The monoisotopic (exact) mass is 558 g/mol. The summed E-state index contributed by atoms with van der Waals surface area (Å²) in [6.07, 6.45) is 3.67. The van der Waals surface area contributed by atoms with Crippen LogP contribution in [0.1, 0.15) is 33.4 Å². The van der Waals surface area contributed by atoms with E-state index in [0.29, 0.717) is 0 Å². The molecule has 0 aliphatic rings. The highest BCUT2D eigenvalue weighted by Gasteiger charge is 2.29. The van der Waals surface area contributed by atoms with Gasteiger partial charge in [0.1, 0.15) is 11.3 Å². The van der Waals surface area contributed by atoms with Crippen LogP contribution in [0.5, 0.6) is 0 Å². The van der Waals surface area contributed by atoms with Gasteiger partial charge in [0.2, 0.25) is 6.71 Å². The predicted octanol–water partition coefficient (Wildman–Crippen LogP) is 7.14. The van der Waals surface area contributed by atoms with Crippen LogP contribution in [0, 0.1) is 41.5 Å². The van der Waals surface area contributed by atoms with E-state index in [1.807, 2.05) is 24.5 Å². The van der Waals surface area contributed by atoms with E-state index in [9.17, 15) is 0 Å². The third-order valence-electron chi connectivity index (χ3n) is 8.75. The van der Waals surface area contributed by atoms with Crippen molar-refractivity contribution in [2.75, 3.05) is 0 Å². The fraction of sp³-hybridized carbons (Fsp3) is 0.158. The molecule has 0 saturated carbocycles. The minimum Gasteiger partial charge on any atom is -0.339 e. The van der Waals surface area contributed by atoms with Crippen LogP contribution in [0.15, 0.2) is 91.3 Å². The summed E-state index contributed by atoms with van der Waals surface area (Å²) in [6, 6.07) is 28.9. The standard InChI is InChI=1S/C38H35BN4/c1-22-13-24(3)35(25(4)14-22)39(36-26(5)15-23(2)16-27(36)6)32-18-30(33-20-28-9-7-11-40-37(28)42-33)17-31(19-32)34-21-29-10-8-12-41-38(29)43-34/h7-21H,1-6H3,(H,40,42)(H,41,43). The zero-order valence-corrected chi connectivity index (χ0v) is 25.6. The number of nitrogens with zero attached hydrogens (tertiary/aromatic N) is 2. The van der Waals surface area contributed by atoms with Gasteiger partial charge in [-0.25, -0.2) is 9.97 Å². The van der Waals surface area contributed by atoms with Crippen molar-refractivity contribution in [1.29, 1.82) is 0 Å². The van der Waals surface area contributed by atoms with Gasteiger partial charge < -0.3 is 9.97 Å². The van der Waals surface area contributed by atoms with Crippen molar-refractivity contribution in [2.45, 2.75) is 41.5 Å². The van der Waals surface area contributed by atoms with Crippen LogP contribution in [0.25, 0.3) is 44.6 Å². The smallest absolute Gasteiger partial charge is 0.242 e. The van der Waals surface area contributed by atoms with E-state index < -0.39 is 0 Å². The van der Waals surface area contributed by atoms with Crippen molar-refractivity contribution in [3.63, 3.8) is 0 Å². The Balaban J connectivity index is 1.54. The highest BCUT2D eigenvalue weighted by atomic mass is 14.9. The number of hydrogen-bond donors (Lipinski definition) is 2. The highest BCUT2D eigenvalue weighted by molar-refractivity contribution is 6.96. The van der Waals surface area contributed by atoms with Gasteiger partial charge in [-0.15, -0.1) is 0 Å². The number of hydrogen-bond acceptors (Lipinski definition) is 2. The van der Waals surface area contributed by atoms with Gasteiger partial charge in [0.05, 0.1) is 0 Å². The van der Waals surface area contributed by atoms with Crippen LogP contribution < -0.4 is 16.4 Å². The van der Waals surface area contributed by atoms with E-state index in [0.717, 1.165) is 44.6 Å². The lowest BCUT2D eigenvalue weighted by Gasteiger charge is -2.25. The zero-order chi connectivity index (χ0) is 29.8. The van der Waals surface area contributed by atoms with Gasteiger partial charge in [-0.3, -0.25) is 0 Å². The first kappa shape index (κ1) is 27.0. The molecule has 0 aliphatic heterocycles. The molecule has 0 fully saturated rings. The van der Waals surface area contributed by atoms with Crippen LogP contribution in [-0.2, 0) is 0 Å². The molecule has 3 aromatic carbocycles. The highest BCUT2D eigenvalue weighted by Crippen LogP contribution is 2.29. The van der Waals surface area contributed by atoms with E-state index in [1.165, 1.54) is 49.8 Å². The Morgan fingerprint density at radius 1 is 0.512 bits per heavy atom. The van der Waals surface area contributed by atoms with Crippen molar-refractivity contribution < 1.29 is 0 Å². The summed E-state index contributed by atoms with van der Waals surface area (Å²) < 4.78 is 0. The zero-order valence-electron chi connectivity index (χ0n) is 25.6. The molecule has 0 saturated heterocycles. The maximum atomic E-state index is 4.58. The molecule has 43 heavy (non-hydrogen) atoms. The number of aromatic nitrogens is 4. The first-order valence-corrected chi connectivity index (χ1v) is 14.9. The summed E-state index contributed by atoms with van der Waals surface area (Å²) in [4.78, 5) is 16.3. The van der Waals surface area contributed by atoms with E-state index in [-0.39, 0.29) is 6.71 Å². The fourth-order valence-electron chi connectivity index (χ4n) is 7.13. The average molecular weight is 559 g/mol. The molecule has 0 aliphatic carbocycles. The lowest BCUT2D eigenvalue weighted by atomic mass is 9.34. The lowest BCUT2D eigenvalue weighted by molar-refractivity contribution is 1.32. The van der Waals surface area contributed by atoms with E-state index in [4.69, 9.17) is 0 Å². The topological polar surface area (TPSA) is 57.4 Å². The van der Waals surface area contributed by atoms with Crippen LogP contribution in [-0.4, -0.2) is 26.6 Å². The SMILES string of the molecule is Cc1cc(C)c(B(c2cc(-c3cc4cccnc4[nH]3)cc(-c3cc4cccnc4[nH]3)c2)c2c(C)cc(C)cc2C)c(C)c1. The number of nitrogens with one attached hydrogen (secondary N) is 2. The molecule has 5 heteroatoms. The molecule has 0 amide bonds. The maximum Gasteiger partial charge on any atom is 0.242 e. The second-order valence-corrected chi connectivity index (χ2v) is 12.1. The van der Waals surface area contributed by atoms with Gasteiger partial charge in [0, 0.05) is 34.6 Å². The largest absolute Gasteiger partial charge is 0.339 e. The second-order valence-electron chi connectivity index (χ2n) is 12.1. The van der Waals surface area contributed by atoms with Gasteiger partial charge in [-0.05, 0) is 95.1 Å². The van der Waals surface area contributed by atoms with Crippen LogP contribution in [0.4, 0.5) is 0 Å². The van der Waals surface area contributed by atoms with E-state index >= 15 is 0 Å². The normalized spacial score (nSPS) is 11.5. The average Bonchev–Trinajstić information content (AvgIpc) is 3.60. The van der Waals surface area contributed by atoms with Gasteiger partial charge in [-0.2, -0.15) is 0 Å². The van der Waals surface area contributed by atoms with E-state index in [1.54, 1.807) is 0 Å². The molecule has 0 atom stereocenters. The number of aryl methyl sites for hydroxylation is 6. The first-order chi connectivity index (χ1) is 20.7. The molecule has 2 N–H and O–H groups in total. The number of fused-ring (bicyclic) bond motifs is 2. The third kappa shape index (κ3) is 4.85. The summed E-state index contributed by atoms with van der Waals surface area (Å²) >= 11 is 0. The van der Waals surface area contributed by atoms with Crippen LogP contribution >= 0.6 is 0 Å². The van der Waals surface area contributed by atoms with Crippen LogP contribution in [0.2, 0.25) is 0 Å². The van der Waals surface area contributed by atoms with Crippen molar-refractivity contribution >= 4 is 45.2 Å². The van der Waals surface area contributed by atoms with Crippen molar-refractivity contribution in [3.05, 3.63) is 125 Å². The molecular weight excluding hydrogens is 523 g/mol. The lowest BCUT2D eigenvalue weighted by Crippen LogP contribution is -2.56. The quantitative estimate of drug-likeness (QED) is 0.221. The first-order valence-electron chi connectivity index (χ1n) is 14.9. The predicted molar refractivity (Wildman–Crippen MR) is 183 cm³/mol. The Bertz CT molecular complexity index is 1910. The molecule has 7 rings (SSSR count). The Morgan fingerprint density at radius 2 is 0.930 bits per heavy atom. The van der Waals surface area contributed by atoms with Crippen molar-refractivity contribution in [1.82, 2.24) is 19.9 Å². The van der Waals surface area contributed by atoms with Crippen molar-refractivity contribution in [2.24, 2.45) is 0 Å².